The van der Waals surface area contributed by atoms with Gasteiger partial charge >= 0.3 is 0 Å². The molecule has 0 amide bonds. The third kappa shape index (κ3) is 1.97. The number of halogens is 1. The van der Waals surface area contributed by atoms with Crippen LogP contribution >= 0.6 is 15.9 Å². The van der Waals surface area contributed by atoms with Gasteiger partial charge in [0.15, 0.2) is 11.5 Å². The smallest absolute Gasteiger partial charge is 0.178 e. The first-order valence-corrected chi connectivity index (χ1v) is 6.99. The van der Waals surface area contributed by atoms with Crippen molar-refractivity contribution in [2.75, 3.05) is 11.9 Å². The Morgan fingerprint density at radius 3 is 3.20 bits per heavy atom. The van der Waals surface area contributed by atoms with Gasteiger partial charge in [0.05, 0.1) is 12.3 Å². The summed E-state index contributed by atoms with van der Waals surface area (Å²) < 4.78 is 9.88. The van der Waals surface area contributed by atoms with Gasteiger partial charge in [-0.1, -0.05) is 0 Å². The van der Waals surface area contributed by atoms with Gasteiger partial charge in [-0.05, 0) is 22.0 Å². The van der Waals surface area contributed by atoms with Crippen LogP contribution in [0.3, 0.4) is 0 Å². The summed E-state index contributed by atoms with van der Waals surface area (Å²) in [6.07, 6.45) is 4.27. The Labute approximate surface area is 122 Å². The lowest BCUT2D eigenvalue weighted by Gasteiger charge is -2.12. The molecule has 0 aromatic carbocycles. The van der Waals surface area contributed by atoms with Crippen LogP contribution in [0.5, 0.6) is 0 Å². The number of anilines is 2. The second-order valence-corrected chi connectivity index (χ2v) is 5.45. The molecule has 0 atom stereocenters. The minimum atomic E-state index is 0.510. The number of hydrogen-bond donors (Lipinski definition) is 1. The van der Waals surface area contributed by atoms with E-state index in [1.165, 1.54) is 12.0 Å². The quantitative estimate of drug-likeness (QED) is 0.775. The number of pyridine rings is 1. The molecule has 102 valence electrons. The van der Waals surface area contributed by atoms with Gasteiger partial charge in [0.1, 0.15) is 13.1 Å². The Morgan fingerprint density at radius 2 is 2.30 bits per heavy atom. The third-order valence-electron chi connectivity index (χ3n) is 3.18. The van der Waals surface area contributed by atoms with E-state index in [9.17, 15) is 0 Å². The lowest BCUT2D eigenvalue weighted by Crippen LogP contribution is -2.16. The van der Waals surface area contributed by atoms with Crippen molar-refractivity contribution in [1.82, 2.24) is 24.4 Å². The molecule has 3 aromatic heterocycles. The van der Waals surface area contributed by atoms with Crippen LogP contribution in [0.4, 0.5) is 11.5 Å². The van der Waals surface area contributed by atoms with Crippen molar-refractivity contribution in [3.05, 3.63) is 34.8 Å². The lowest BCUT2D eigenvalue weighted by molar-refractivity contribution is 0.0481. The highest BCUT2D eigenvalue weighted by Gasteiger charge is 2.14. The zero-order chi connectivity index (χ0) is 13.5. The molecule has 0 radical (unpaired) electrons. The zero-order valence-corrected chi connectivity index (χ0v) is 12.0. The Bertz CT molecular complexity index is 756. The molecule has 0 saturated carbocycles. The summed E-state index contributed by atoms with van der Waals surface area (Å²) in [5, 5.41) is 11.9. The van der Waals surface area contributed by atoms with Crippen molar-refractivity contribution < 1.29 is 4.74 Å². The molecule has 20 heavy (non-hydrogen) atoms. The molecule has 1 aliphatic heterocycles. The fourth-order valence-corrected chi connectivity index (χ4v) is 2.70. The van der Waals surface area contributed by atoms with E-state index in [0.717, 1.165) is 34.7 Å². The first kappa shape index (κ1) is 11.9. The predicted octanol–water partition coefficient (Wildman–Crippen LogP) is 1.96. The molecule has 0 saturated heterocycles. The van der Waals surface area contributed by atoms with E-state index < -0.39 is 0 Å². The highest BCUT2D eigenvalue weighted by Crippen LogP contribution is 2.24. The average molecular weight is 335 g/mol. The maximum absolute atomic E-state index is 5.38. The van der Waals surface area contributed by atoms with E-state index in [1.54, 1.807) is 4.52 Å². The molecule has 1 N–H and O–H groups in total. The van der Waals surface area contributed by atoms with E-state index in [-0.39, 0.29) is 0 Å². The first-order chi connectivity index (χ1) is 9.79. The zero-order valence-electron chi connectivity index (χ0n) is 10.5. The van der Waals surface area contributed by atoms with E-state index in [1.807, 2.05) is 23.0 Å². The van der Waals surface area contributed by atoms with Crippen LogP contribution in [-0.2, 0) is 17.9 Å². The minimum absolute atomic E-state index is 0.510. The van der Waals surface area contributed by atoms with E-state index in [0.29, 0.717) is 6.73 Å². The number of hydrogen-bond acceptors (Lipinski definition) is 5. The Balaban J connectivity index is 1.73. The molecular weight excluding hydrogens is 324 g/mol. The Kier molecular flexibility index (Phi) is 2.71. The van der Waals surface area contributed by atoms with Crippen LogP contribution in [0.25, 0.3) is 5.65 Å². The van der Waals surface area contributed by atoms with E-state index in [4.69, 9.17) is 4.74 Å². The number of ether oxygens (including phenoxy) is 1. The SMILES string of the molecule is Brc1cc(Nc2cc3n(n2)COCC3)c2ncnn2c1. The highest BCUT2D eigenvalue weighted by molar-refractivity contribution is 9.10. The van der Waals surface area contributed by atoms with Crippen LogP contribution in [0.2, 0.25) is 0 Å². The Morgan fingerprint density at radius 1 is 1.35 bits per heavy atom. The van der Waals surface area contributed by atoms with Crippen molar-refractivity contribution in [3.8, 4) is 0 Å². The predicted molar refractivity (Wildman–Crippen MR) is 75.9 cm³/mol. The van der Waals surface area contributed by atoms with E-state index >= 15 is 0 Å². The standard InChI is InChI=1S/C12H11BrN6O/c13-8-3-10(12-14-6-15-18(12)5-8)16-11-4-9-1-2-20-7-19(9)17-11/h3-6H,1-2,7H2,(H,16,17). The summed E-state index contributed by atoms with van der Waals surface area (Å²) in [6, 6.07) is 4.00. The molecule has 0 spiro atoms. The molecule has 3 aromatic rings. The van der Waals surface area contributed by atoms with Crippen LogP contribution in [0.15, 0.2) is 29.1 Å². The molecule has 0 fully saturated rings. The summed E-state index contributed by atoms with van der Waals surface area (Å²) in [7, 11) is 0. The second-order valence-electron chi connectivity index (χ2n) is 4.53. The van der Waals surface area contributed by atoms with Gasteiger partial charge in [-0.15, -0.1) is 0 Å². The monoisotopic (exact) mass is 334 g/mol. The van der Waals surface area contributed by atoms with Crippen LogP contribution in [0.1, 0.15) is 5.69 Å². The average Bonchev–Trinajstić information content (AvgIpc) is 3.03. The first-order valence-electron chi connectivity index (χ1n) is 6.20. The summed E-state index contributed by atoms with van der Waals surface area (Å²) in [5.74, 6) is 0.786. The van der Waals surface area contributed by atoms with E-state index in [2.05, 4.69) is 36.4 Å². The fraction of sp³-hybridized carbons (Fsp3) is 0.250. The topological polar surface area (TPSA) is 69.3 Å². The number of fused-ring (bicyclic) bond motifs is 2. The van der Waals surface area contributed by atoms with Gasteiger partial charge in [-0.2, -0.15) is 10.2 Å². The number of nitrogens with zero attached hydrogens (tertiary/aromatic N) is 5. The van der Waals surface area contributed by atoms with Gasteiger partial charge in [0, 0.05) is 28.9 Å². The molecule has 7 nitrogen and oxygen atoms in total. The third-order valence-corrected chi connectivity index (χ3v) is 3.62. The summed E-state index contributed by atoms with van der Waals surface area (Å²) >= 11 is 3.46. The number of rotatable bonds is 2. The summed E-state index contributed by atoms with van der Waals surface area (Å²) in [4.78, 5) is 4.25. The maximum atomic E-state index is 5.38. The minimum Gasteiger partial charge on any atom is -0.359 e. The van der Waals surface area contributed by atoms with Gasteiger partial charge in [-0.3, -0.25) is 0 Å². The number of nitrogens with one attached hydrogen (secondary N) is 1. The van der Waals surface area contributed by atoms with Gasteiger partial charge in [0.2, 0.25) is 0 Å². The molecule has 1 aliphatic rings. The Hall–Kier alpha value is -1.93. The summed E-state index contributed by atoms with van der Waals surface area (Å²) in [6.45, 7) is 1.26. The van der Waals surface area contributed by atoms with Crippen LogP contribution in [-0.4, -0.2) is 31.0 Å². The normalized spacial score (nSPS) is 14.4. The molecule has 8 heteroatoms. The van der Waals surface area contributed by atoms with Gasteiger partial charge in [0.25, 0.3) is 0 Å². The molecule has 0 unspecified atom stereocenters. The second kappa shape index (κ2) is 4.57. The number of aromatic nitrogens is 5. The van der Waals surface area contributed by atoms with Crippen molar-refractivity contribution in [1.29, 1.82) is 0 Å². The van der Waals surface area contributed by atoms with Crippen molar-refractivity contribution in [2.24, 2.45) is 0 Å². The molecule has 4 heterocycles. The summed E-state index contributed by atoms with van der Waals surface area (Å²) in [5.41, 5.74) is 2.79. The van der Waals surface area contributed by atoms with Crippen LogP contribution in [0, 0.1) is 0 Å². The van der Waals surface area contributed by atoms with Crippen molar-refractivity contribution >= 4 is 33.1 Å². The van der Waals surface area contributed by atoms with Crippen LogP contribution < -0.4 is 5.32 Å². The molecule has 4 rings (SSSR count). The van der Waals surface area contributed by atoms with Crippen molar-refractivity contribution in [3.63, 3.8) is 0 Å². The molecule has 0 aliphatic carbocycles. The van der Waals surface area contributed by atoms with Gasteiger partial charge < -0.3 is 10.1 Å². The molecular formula is C12H11BrN6O. The highest BCUT2D eigenvalue weighted by atomic mass is 79.9. The fourth-order valence-electron chi connectivity index (χ4n) is 2.28. The maximum Gasteiger partial charge on any atom is 0.178 e. The van der Waals surface area contributed by atoms with Gasteiger partial charge in [-0.25, -0.2) is 14.2 Å². The largest absolute Gasteiger partial charge is 0.359 e. The molecule has 0 bridgehead atoms. The van der Waals surface area contributed by atoms with Crippen molar-refractivity contribution in [2.45, 2.75) is 13.2 Å². The lowest BCUT2D eigenvalue weighted by atomic mass is 10.3.